The van der Waals surface area contributed by atoms with Gasteiger partial charge in [-0.25, -0.2) is 9.97 Å². The second-order valence-corrected chi connectivity index (χ2v) is 10.3. The number of nitrogens with zero attached hydrogens (tertiary/aromatic N) is 6. The quantitative estimate of drug-likeness (QED) is 0.523. The van der Waals surface area contributed by atoms with Crippen molar-refractivity contribution >= 4 is 35.0 Å². The smallest absolute Gasteiger partial charge is 0.253 e. The number of amides is 1. The highest BCUT2D eigenvalue weighted by molar-refractivity contribution is 6.30. The van der Waals surface area contributed by atoms with E-state index in [1.165, 1.54) is 0 Å². The number of anilines is 3. The largest absolute Gasteiger partial charge is 0.354 e. The zero-order valence-corrected chi connectivity index (χ0v) is 21.6. The van der Waals surface area contributed by atoms with Crippen molar-refractivity contribution in [2.24, 2.45) is 5.92 Å². The molecule has 2 saturated heterocycles. The molecule has 9 nitrogen and oxygen atoms in total. The molecule has 2 aliphatic heterocycles. The Labute approximate surface area is 216 Å². The lowest BCUT2D eigenvalue weighted by Crippen LogP contribution is -2.45. The van der Waals surface area contributed by atoms with Crippen molar-refractivity contribution < 1.29 is 4.79 Å². The number of hydrogen-bond acceptors (Lipinski definition) is 7. The third-order valence-electron chi connectivity index (χ3n) is 6.90. The highest BCUT2D eigenvalue weighted by atomic mass is 35.5. The zero-order valence-electron chi connectivity index (χ0n) is 20.9. The summed E-state index contributed by atoms with van der Waals surface area (Å²) in [6, 6.07) is 11.1. The van der Waals surface area contributed by atoms with Gasteiger partial charge in [-0.1, -0.05) is 17.7 Å². The van der Waals surface area contributed by atoms with Crippen LogP contribution in [0.1, 0.15) is 34.7 Å². The first kappa shape index (κ1) is 24.5. The fourth-order valence-electron chi connectivity index (χ4n) is 4.93. The van der Waals surface area contributed by atoms with E-state index in [1.807, 2.05) is 36.1 Å². The minimum atomic E-state index is 0.0329. The summed E-state index contributed by atoms with van der Waals surface area (Å²) in [7, 11) is 2.15. The summed E-state index contributed by atoms with van der Waals surface area (Å²) < 4.78 is 0. The summed E-state index contributed by atoms with van der Waals surface area (Å²) in [5, 5.41) is 11.2. The van der Waals surface area contributed by atoms with Gasteiger partial charge in [-0.15, -0.1) is 0 Å². The van der Waals surface area contributed by atoms with Crippen LogP contribution in [0.4, 0.5) is 17.5 Å². The van der Waals surface area contributed by atoms with E-state index in [-0.39, 0.29) is 5.91 Å². The lowest BCUT2D eigenvalue weighted by atomic mass is 9.94. The first-order valence-electron chi connectivity index (χ1n) is 12.6. The standard InChI is InChI=1S/C26H33ClN8O/c1-18-13-24(32-31-18)29-23-16-25(34-11-9-33(2)10-12-34)30-22(28-23)14-19-5-4-8-35(17-19)26(36)20-6-3-7-21(27)15-20/h3,6-7,13,15-16,19H,4-5,8-12,14,17H2,1-2H3,(H2,28,29,30,31,32)/t19-/m0/s1. The summed E-state index contributed by atoms with van der Waals surface area (Å²) in [6.07, 6.45) is 2.73. The van der Waals surface area contributed by atoms with Crippen LogP contribution in [0.15, 0.2) is 36.4 Å². The van der Waals surface area contributed by atoms with Gasteiger partial charge in [-0.2, -0.15) is 5.10 Å². The second-order valence-electron chi connectivity index (χ2n) is 9.85. The van der Waals surface area contributed by atoms with Gasteiger partial charge >= 0.3 is 0 Å². The number of piperazine rings is 1. The van der Waals surface area contributed by atoms with Crippen LogP contribution in [0.3, 0.4) is 0 Å². The van der Waals surface area contributed by atoms with Gasteiger partial charge in [-0.3, -0.25) is 9.89 Å². The average molecular weight is 509 g/mol. The maximum absolute atomic E-state index is 13.1. The number of hydrogen-bond donors (Lipinski definition) is 2. The zero-order chi connectivity index (χ0) is 25.1. The van der Waals surface area contributed by atoms with Gasteiger partial charge in [0.15, 0.2) is 5.82 Å². The first-order chi connectivity index (χ1) is 17.4. The Morgan fingerprint density at radius 3 is 2.69 bits per heavy atom. The van der Waals surface area contributed by atoms with Crippen LogP contribution in [0.2, 0.25) is 5.02 Å². The number of piperidine rings is 1. The molecule has 2 N–H and O–H groups in total. The van der Waals surface area contributed by atoms with Crippen molar-refractivity contribution in [3.8, 4) is 0 Å². The van der Waals surface area contributed by atoms with Crippen LogP contribution in [-0.2, 0) is 6.42 Å². The van der Waals surface area contributed by atoms with Crippen molar-refractivity contribution in [1.82, 2.24) is 30.0 Å². The number of H-pyrrole nitrogens is 1. The van der Waals surface area contributed by atoms with E-state index in [2.05, 4.69) is 32.4 Å². The number of aryl methyl sites for hydroxylation is 1. The van der Waals surface area contributed by atoms with Crippen molar-refractivity contribution in [2.45, 2.75) is 26.2 Å². The predicted molar refractivity (Wildman–Crippen MR) is 142 cm³/mol. The molecule has 2 aliphatic rings. The summed E-state index contributed by atoms with van der Waals surface area (Å²) in [6.45, 7) is 7.29. The van der Waals surface area contributed by atoms with E-state index in [9.17, 15) is 4.79 Å². The van der Waals surface area contributed by atoms with Gasteiger partial charge in [0, 0.05) is 74.1 Å². The predicted octanol–water partition coefficient (Wildman–Crippen LogP) is 3.75. The number of halogens is 1. The van der Waals surface area contributed by atoms with E-state index < -0.39 is 0 Å². The maximum Gasteiger partial charge on any atom is 0.253 e. The molecule has 2 fully saturated rings. The maximum atomic E-state index is 13.1. The first-order valence-corrected chi connectivity index (χ1v) is 13.0. The van der Waals surface area contributed by atoms with Crippen molar-refractivity contribution in [2.75, 3.05) is 56.5 Å². The summed E-state index contributed by atoms with van der Waals surface area (Å²) in [5.74, 6) is 3.53. The molecule has 36 heavy (non-hydrogen) atoms. The molecule has 2 aromatic heterocycles. The van der Waals surface area contributed by atoms with Gasteiger partial charge in [0.2, 0.25) is 0 Å². The van der Waals surface area contributed by atoms with Gasteiger partial charge in [0.25, 0.3) is 5.91 Å². The molecule has 1 amide bonds. The highest BCUT2D eigenvalue weighted by Gasteiger charge is 2.26. The molecule has 0 saturated carbocycles. The molecular formula is C26H33ClN8O. The minimum Gasteiger partial charge on any atom is -0.354 e. The normalized spacial score (nSPS) is 18.9. The summed E-state index contributed by atoms with van der Waals surface area (Å²) in [5.41, 5.74) is 1.62. The van der Waals surface area contributed by atoms with E-state index in [4.69, 9.17) is 21.6 Å². The van der Waals surface area contributed by atoms with Gasteiger partial charge in [0.05, 0.1) is 0 Å². The molecule has 1 aromatic carbocycles. The van der Waals surface area contributed by atoms with Gasteiger partial charge in [-0.05, 0) is 50.9 Å². The van der Waals surface area contributed by atoms with Crippen LogP contribution in [0.25, 0.3) is 0 Å². The van der Waals surface area contributed by atoms with E-state index in [1.54, 1.807) is 12.1 Å². The molecule has 0 bridgehead atoms. The summed E-state index contributed by atoms with van der Waals surface area (Å²) in [4.78, 5) is 29.5. The second kappa shape index (κ2) is 10.8. The molecule has 0 unspecified atom stereocenters. The summed E-state index contributed by atoms with van der Waals surface area (Å²) >= 11 is 6.12. The van der Waals surface area contributed by atoms with E-state index >= 15 is 0 Å². The SMILES string of the molecule is Cc1cc(Nc2cc(N3CCN(C)CC3)nc(C[C@@H]3CCCN(C(=O)c4cccc(Cl)c4)C3)n2)n[nH]1. The lowest BCUT2D eigenvalue weighted by molar-refractivity contribution is 0.0672. The molecule has 0 aliphatic carbocycles. The average Bonchev–Trinajstić information content (AvgIpc) is 3.28. The van der Waals surface area contributed by atoms with Gasteiger partial charge < -0.3 is 20.0 Å². The molecule has 0 radical (unpaired) electrons. The number of likely N-dealkylation sites (N-methyl/N-ethyl adjacent to an activating group) is 1. The van der Waals surface area contributed by atoms with Gasteiger partial charge in [0.1, 0.15) is 17.5 Å². The van der Waals surface area contributed by atoms with Crippen LogP contribution in [-0.4, -0.2) is 82.2 Å². The number of aromatic nitrogens is 4. The highest BCUT2D eigenvalue weighted by Crippen LogP contribution is 2.25. The van der Waals surface area contributed by atoms with Crippen molar-refractivity contribution in [1.29, 1.82) is 0 Å². The molecule has 0 spiro atoms. The third-order valence-corrected chi connectivity index (χ3v) is 7.13. The van der Waals surface area contributed by atoms with Crippen molar-refractivity contribution in [3.63, 3.8) is 0 Å². The molecule has 190 valence electrons. The Bertz CT molecular complexity index is 1210. The number of likely N-dealkylation sites (tertiary alicyclic amines) is 1. The van der Waals surface area contributed by atoms with Crippen LogP contribution in [0.5, 0.6) is 0 Å². The number of benzene rings is 1. The molecular weight excluding hydrogens is 476 g/mol. The Morgan fingerprint density at radius 2 is 1.94 bits per heavy atom. The molecule has 5 rings (SSSR count). The number of nitrogens with one attached hydrogen (secondary N) is 2. The Kier molecular flexibility index (Phi) is 7.38. The topological polar surface area (TPSA) is 93.3 Å². The molecule has 1 atom stereocenters. The minimum absolute atomic E-state index is 0.0329. The van der Waals surface area contributed by atoms with Crippen LogP contribution >= 0.6 is 11.6 Å². The Hall–Kier alpha value is -3.17. The molecule has 3 aromatic rings. The number of aromatic amines is 1. The van der Waals surface area contributed by atoms with Crippen molar-refractivity contribution in [3.05, 3.63) is 58.5 Å². The fourth-order valence-corrected chi connectivity index (χ4v) is 5.12. The van der Waals surface area contributed by atoms with E-state index in [0.717, 1.165) is 81.0 Å². The lowest BCUT2D eigenvalue weighted by Gasteiger charge is -2.34. The van der Waals surface area contributed by atoms with E-state index in [0.29, 0.717) is 23.0 Å². The number of carbonyl (C=O) groups is 1. The third kappa shape index (κ3) is 5.96. The Morgan fingerprint density at radius 1 is 1.11 bits per heavy atom. The molecule has 10 heteroatoms. The number of rotatable bonds is 6. The fraction of sp³-hybridized carbons (Fsp3) is 0.462. The molecule has 4 heterocycles. The van der Waals surface area contributed by atoms with Crippen LogP contribution < -0.4 is 10.2 Å². The van der Waals surface area contributed by atoms with Crippen LogP contribution in [0, 0.1) is 12.8 Å². The Balaban J connectivity index is 1.34. The monoisotopic (exact) mass is 508 g/mol. The number of carbonyl (C=O) groups excluding carboxylic acids is 1.